The summed E-state index contributed by atoms with van der Waals surface area (Å²) in [6.45, 7) is -2.80. The molecule has 0 radical (unpaired) electrons. The molecule has 0 aliphatic rings. The van der Waals surface area contributed by atoms with Crippen molar-refractivity contribution in [3.63, 3.8) is 0 Å². The number of carbonyl (C=O) groups is 2. The van der Waals surface area contributed by atoms with Crippen molar-refractivity contribution in [3.05, 3.63) is 59.1 Å². The number of nitrogens with one attached hydrogen (secondary N) is 2. The molecule has 0 heterocycles. The number of rotatable bonds is 8. The summed E-state index contributed by atoms with van der Waals surface area (Å²) in [5, 5.41) is 5.19. The van der Waals surface area contributed by atoms with E-state index in [1.807, 2.05) is 30.3 Å². The van der Waals surface area contributed by atoms with Crippen LogP contribution in [0.4, 0.5) is 14.5 Å². The number of alkyl halides is 2. The fourth-order valence-corrected chi connectivity index (χ4v) is 2.38. The molecule has 0 aliphatic heterocycles. The van der Waals surface area contributed by atoms with Gasteiger partial charge in [-0.2, -0.15) is 8.78 Å². The van der Waals surface area contributed by atoms with E-state index in [1.165, 1.54) is 18.2 Å². The minimum absolute atomic E-state index is 0.0423. The summed E-state index contributed by atoms with van der Waals surface area (Å²) in [5.41, 5.74) is 1.23. The largest absolute Gasteiger partial charge is 0.433 e. The van der Waals surface area contributed by atoms with E-state index in [9.17, 15) is 18.4 Å². The van der Waals surface area contributed by atoms with Gasteiger partial charge in [-0.3, -0.25) is 9.59 Å². The van der Waals surface area contributed by atoms with Gasteiger partial charge in [-0.15, -0.1) is 0 Å². The van der Waals surface area contributed by atoms with Crippen LogP contribution in [0.5, 0.6) is 5.75 Å². The highest BCUT2D eigenvalue weighted by atomic mass is 35.5. The Morgan fingerprint density at radius 3 is 2.46 bits per heavy atom. The first kappa shape index (κ1) is 19.7. The molecule has 2 N–H and O–H groups in total. The standard InChI is InChI=1S/C18H17ClF2N2O3/c19-14-11-13(6-7-15(14)26-18(20)21)23-16(24)8-9-22-17(25)10-12-4-2-1-3-5-12/h1-7,11,18H,8-10H2,(H,22,25)(H,23,24). The SMILES string of the molecule is O=C(Cc1ccccc1)NCCC(=O)Nc1ccc(OC(F)F)c(Cl)c1. The van der Waals surface area contributed by atoms with Crippen LogP contribution in [-0.2, 0) is 16.0 Å². The summed E-state index contributed by atoms with van der Waals surface area (Å²) < 4.78 is 28.6. The van der Waals surface area contributed by atoms with Gasteiger partial charge >= 0.3 is 6.61 Å². The number of halogens is 3. The zero-order chi connectivity index (χ0) is 18.9. The Labute approximate surface area is 154 Å². The van der Waals surface area contributed by atoms with E-state index in [0.29, 0.717) is 5.69 Å². The van der Waals surface area contributed by atoms with Crippen LogP contribution in [0.15, 0.2) is 48.5 Å². The number of amides is 2. The number of hydrogen-bond acceptors (Lipinski definition) is 3. The Hall–Kier alpha value is -2.67. The van der Waals surface area contributed by atoms with Gasteiger partial charge in [0.2, 0.25) is 11.8 Å². The van der Waals surface area contributed by atoms with Crippen molar-refractivity contribution in [3.8, 4) is 5.75 Å². The van der Waals surface area contributed by atoms with Gasteiger partial charge in [0.05, 0.1) is 11.4 Å². The molecule has 0 fully saturated rings. The Balaban J connectivity index is 1.75. The summed E-state index contributed by atoms with van der Waals surface area (Å²) in [5.74, 6) is -0.697. The second-order valence-electron chi connectivity index (χ2n) is 5.33. The Morgan fingerprint density at radius 1 is 1.08 bits per heavy atom. The van der Waals surface area contributed by atoms with Crippen molar-refractivity contribution in [1.82, 2.24) is 5.32 Å². The van der Waals surface area contributed by atoms with Crippen molar-refractivity contribution in [2.24, 2.45) is 0 Å². The molecule has 0 aliphatic carbocycles. The molecule has 2 amide bonds. The number of benzene rings is 2. The van der Waals surface area contributed by atoms with Crippen LogP contribution in [0.1, 0.15) is 12.0 Å². The maximum absolute atomic E-state index is 12.2. The van der Waals surface area contributed by atoms with E-state index in [2.05, 4.69) is 15.4 Å². The molecule has 2 rings (SSSR count). The van der Waals surface area contributed by atoms with E-state index >= 15 is 0 Å². The van der Waals surface area contributed by atoms with Gasteiger partial charge in [-0.25, -0.2) is 0 Å². The zero-order valence-electron chi connectivity index (χ0n) is 13.7. The van der Waals surface area contributed by atoms with Crippen molar-refractivity contribution in [1.29, 1.82) is 0 Å². The maximum Gasteiger partial charge on any atom is 0.387 e. The van der Waals surface area contributed by atoms with Gasteiger partial charge in [-0.1, -0.05) is 41.9 Å². The molecule has 26 heavy (non-hydrogen) atoms. The first-order valence-corrected chi connectivity index (χ1v) is 8.16. The van der Waals surface area contributed by atoms with Crippen molar-refractivity contribution >= 4 is 29.1 Å². The van der Waals surface area contributed by atoms with E-state index in [-0.39, 0.29) is 42.0 Å². The predicted molar refractivity (Wildman–Crippen MR) is 94.5 cm³/mol. The Morgan fingerprint density at radius 2 is 1.81 bits per heavy atom. The van der Waals surface area contributed by atoms with Gasteiger partial charge in [-0.05, 0) is 23.8 Å². The van der Waals surface area contributed by atoms with E-state index in [1.54, 1.807) is 0 Å². The average Bonchev–Trinajstić information content (AvgIpc) is 2.58. The third-order valence-electron chi connectivity index (χ3n) is 3.31. The third-order valence-corrected chi connectivity index (χ3v) is 3.61. The van der Waals surface area contributed by atoms with E-state index in [0.717, 1.165) is 5.56 Å². The minimum atomic E-state index is -2.98. The molecule has 0 spiro atoms. The van der Waals surface area contributed by atoms with Gasteiger partial charge in [0, 0.05) is 18.7 Å². The van der Waals surface area contributed by atoms with Gasteiger partial charge in [0.15, 0.2) is 0 Å². The van der Waals surface area contributed by atoms with Crippen LogP contribution >= 0.6 is 11.6 Å². The molecule has 0 bridgehead atoms. The molecule has 5 nitrogen and oxygen atoms in total. The molecule has 0 saturated heterocycles. The highest BCUT2D eigenvalue weighted by Crippen LogP contribution is 2.28. The second-order valence-corrected chi connectivity index (χ2v) is 5.74. The van der Waals surface area contributed by atoms with Gasteiger partial charge < -0.3 is 15.4 Å². The lowest BCUT2D eigenvalue weighted by molar-refractivity contribution is -0.120. The number of hydrogen-bond donors (Lipinski definition) is 2. The van der Waals surface area contributed by atoms with Crippen LogP contribution in [-0.4, -0.2) is 25.0 Å². The fourth-order valence-electron chi connectivity index (χ4n) is 2.15. The van der Waals surface area contributed by atoms with Crippen molar-refractivity contribution in [2.45, 2.75) is 19.5 Å². The summed E-state index contributed by atoms with van der Waals surface area (Å²) in [4.78, 5) is 23.7. The second kappa shape index (κ2) is 9.72. The number of anilines is 1. The lowest BCUT2D eigenvalue weighted by Gasteiger charge is -2.10. The number of ether oxygens (including phenoxy) is 1. The van der Waals surface area contributed by atoms with Crippen LogP contribution in [0.3, 0.4) is 0 Å². The molecule has 0 saturated carbocycles. The highest BCUT2D eigenvalue weighted by Gasteiger charge is 2.10. The van der Waals surface area contributed by atoms with Crippen LogP contribution in [0.2, 0.25) is 5.02 Å². The van der Waals surface area contributed by atoms with Crippen LogP contribution < -0.4 is 15.4 Å². The molecule has 0 atom stereocenters. The summed E-state index contributed by atoms with van der Waals surface area (Å²) in [7, 11) is 0. The van der Waals surface area contributed by atoms with Gasteiger partial charge in [0.1, 0.15) is 5.75 Å². The number of carbonyl (C=O) groups excluding carboxylic acids is 2. The average molecular weight is 383 g/mol. The van der Waals surface area contributed by atoms with E-state index in [4.69, 9.17) is 11.6 Å². The Kier molecular flexibility index (Phi) is 7.35. The maximum atomic E-state index is 12.2. The van der Waals surface area contributed by atoms with Crippen molar-refractivity contribution < 1.29 is 23.1 Å². The molecule has 2 aromatic carbocycles. The van der Waals surface area contributed by atoms with Crippen LogP contribution in [0.25, 0.3) is 0 Å². The van der Waals surface area contributed by atoms with Gasteiger partial charge in [0.25, 0.3) is 0 Å². The molecule has 0 unspecified atom stereocenters. The summed E-state index contributed by atoms with van der Waals surface area (Å²) >= 11 is 5.81. The van der Waals surface area contributed by atoms with E-state index < -0.39 is 6.61 Å². The molecule has 138 valence electrons. The summed E-state index contributed by atoms with van der Waals surface area (Å²) in [6, 6.07) is 13.2. The molecular formula is C18H17ClF2N2O3. The highest BCUT2D eigenvalue weighted by molar-refractivity contribution is 6.32. The molecular weight excluding hydrogens is 366 g/mol. The molecule has 2 aromatic rings. The smallest absolute Gasteiger partial charge is 0.387 e. The predicted octanol–water partition coefficient (Wildman–Crippen LogP) is 3.63. The first-order valence-electron chi connectivity index (χ1n) is 7.79. The molecule has 8 heteroatoms. The lowest BCUT2D eigenvalue weighted by atomic mass is 10.1. The lowest BCUT2D eigenvalue weighted by Crippen LogP contribution is -2.28. The minimum Gasteiger partial charge on any atom is -0.433 e. The monoisotopic (exact) mass is 382 g/mol. The van der Waals surface area contributed by atoms with Crippen LogP contribution in [0, 0.1) is 0 Å². The normalized spacial score (nSPS) is 10.5. The first-order chi connectivity index (χ1) is 12.4. The molecule has 0 aromatic heterocycles. The zero-order valence-corrected chi connectivity index (χ0v) is 14.4. The summed E-state index contributed by atoms with van der Waals surface area (Å²) in [6.07, 6.45) is 0.303. The van der Waals surface area contributed by atoms with Crippen molar-refractivity contribution in [2.75, 3.05) is 11.9 Å². The fraction of sp³-hybridized carbons (Fsp3) is 0.222. The third kappa shape index (κ3) is 6.68. The quantitative estimate of drug-likeness (QED) is 0.732. The topological polar surface area (TPSA) is 67.4 Å². The Bertz CT molecular complexity index is 757.